The quantitative estimate of drug-likeness (QED) is 0.801. The summed E-state index contributed by atoms with van der Waals surface area (Å²) in [6, 6.07) is 9.65. The normalized spacial score (nSPS) is 25.8. The summed E-state index contributed by atoms with van der Waals surface area (Å²) in [5.41, 5.74) is 6.79. The van der Waals surface area contributed by atoms with Gasteiger partial charge in [0.25, 0.3) is 0 Å². The van der Waals surface area contributed by atoms with Gasteiger partial charge in [0, 0.05) is 19.5 Å². The number of nitrogens with zero attached hydrogens (tertiary/aromatic N) is 1. The number of carbonyl (C=O) groups excluding carboxylic acids is 2. The molecule has 1 aliphatic heterocycles. The maximum atomic E-state index is 12.2. The average Bonchev–Trinajstić information content (AvgIpc) is 3.10. The zero-order valence-corrected chi connectivity index (χ0v) is 13.9. The van der Waals surface area contributed by atoms with E-state index in [-0.39, 0.29) is 18.0 Å². The fourth-order valence-corrected chi connectivity index (χ4v) is 3.91. The van der Waals surface area contributed by atoms with Gasteiger partial charge < -0.3 is 20.1 Å². The first-order chi connectivity index (χ1) is 11.6. The lowest BCUT2D eigenvalue weighted by Gasteiger charge is -2.22. The Balaban J connectivity index is 1.45. The molecule has 2 fully saturated rings. The number of hydrogen-bond donors (Lipinski definition) is 1. The predicted octanol–water partition coefficient (Wildman–Crippen LogP) is 1.64. The van der Waals surface area contributed by atoms with Gasteiger partial charge >= 0.3 is 12.1 Å². The van der Waals surface area contributed by atoms with Crippen molar-refractivity contribution >= 4 is 12.1 Å². The van der Waals surface area contributed by atoms with Crippen LogP contribution in [-0.2, 0) is 20.9 Å². The molecule has 1 amide bonds. The molecule has 3 atom stereocenters. The molecule has 24 heavy (non-hydrogen) atoms. The summed E-state index contributed by atoms with van der Waals surface area (Å²) in [5.74, 6) is 1.23. The second-order valence-electron chi connectivity index (χ2n) is 6.63. The Morgan fingerprint density at radius 3 is 2.50 bits per heavy atom. The lowest BCUT2D eigenvalue weighted by Crippen LogP contribution is -2.34. The third-order valence-corrected chi connectivity index (χ3v) is 5.23. The summed E-state index contributed by atoms with van der Waals surface area (Å²) in [7, 11) is 1.40. The van der Waals surface area contributed by atoms with Crippen LogP contribution in [-0.4, -0.2) is 43.7 Å². The molecule has 1 saturated heterocycles. The third-order valence-electron chi connectivity index (χ3n) is 5.23. The Kier molecular flexibility index (Phi) is 5.04. The van der Waals surface area contributed by atoms with E-state index >= 15 is 0 Å². The van der Waals surface area contributed by atoms with Crippen molar-refractivity contribution in [3.8, 4) is 0 Å². The van der Waals surface area contributed by atoms with Crippen molar-refractivity contribution in [2.75, 3.05) is 26.7 Å². The van der Waals surface area contributed by atoms with E-state index in [9.17, 15) is 9.59 Å². The molecule has 1 aromatic rings. The number of piperidine rings is 1. The second-order valence-corrected chi connectivity index (χ2v) is 6.63. The summed E-state index contributed by atoms with van der Waals surface area (Å²) in [6.07, 6.45) is 0.102. The van der Waals surface area contributed by atoms with Crippen LogP contribution in [0.5, 0.6) is 0 Å². The van der Waals surface area contributed by atoms with Crippen molar-refractivity contribution in [2.24, 2.45) is 29.4 Å². The highest BCUT2D eigenvalue weighted by molar-refractivity contribution is 5.70. The van der Waals surface area contributed by atoms with Gasteiger partial charge in [-0.15, -0.1) is 0 Å². The molecule has 2 aliphatic rings. The van der Waals surface area contributed by atoms with Gasteiger partial charge in [0.15, 0.2) is 0 Å². The summed E-state index contributed by atoms with van der Waals surface area (Å²) in [5, 5.41) is 0. The number of benzene rings is 1. The van der Waals surface area contributed by atoms with Crippen LogP contribution in [0.2, 0.25) is 0 Å². The van der Waals surface area contributed by atoms with E-state index in [2.05, 4.69) is 0 Å². The van der Waals surface area contributed by atoms with Gasteiger partial charge in [0.05, 0.1) is 7.11 Å². The van der Waals surface area contributed by atoms with Crippen LogP contribution < -0.4 is 5.73 Å². The molecule has 6 heteroatoms. The van der Waals surface area contributed by atoms with Crippen LogP contribution in [0, 0.1) is 23.7 Å². The smallest absolute Gasteiger partial charge is 0.410 e. The highest BCUT2D eigenvalue weighted by Gasteiger charge is 2.59. The predicted molar refractivity (Wildman–Crippen MR) is 87.8 cm³/mol. The lowest BCUT2D eigenvalue weighted by molar-refractivity contribution is -0.141. The molecule has 0 radical (unpaired) electrons. The summed E-state index contributed by atoms with van der Waals surface area (Å²) in [6.45, 7) is 2.16. The summed E-state index contributed by atoms with van der Waals surface area (Å²) < 4.78 is 10.1. The number of nitrogens with two attached hydrogens (primary N) is 1. The number of fused-ring (bicyclic) bond motifs is 1. The highest BCUT2D eigenvalue weighted by atomic mass is 16.6. The van der Waals surface area contributed by atoms with Gasteiger partial charge in [-0.25, -0.2) is 4.79 Å². The third kappa shape index (κ3) is 3.53. The molecule has 6 nitrogen and oxygen atoms in total. The number of carbonyl (C=O) groups is 2. The minimum atomic E-state index is -0.262. The first-order valence-corrected chi connectivity index (χ1v) is 8.36. The van der Waals surface area contributed by atoms with E-state index in [1.807, 2.05) is 30.3 Å². The van der Waals surface area contributed by atoms with E-state index in [0.717, 1.165) is 5.56 Å². The lowest BCUT2D eigenvalue weighted by atomic mass is 9.96. The zero-order chi connectivity index (χ0) is 17.1. The SMILES string of the molecule is COC(=O)CC(CN)C1C2CN(C(=O)OCc3ccccc3)CC21. The first-order valence-electron chi connectivity index (χ1n) is 8.36. The van der Waals surface area contributed by atoms with Gasteiger partial charge in [-0.05, 0) is 35.8 Å². The number of hydrogen-bond acceptors (Lipinski definition) is 5. The number of methoxy groups -OCH3 is 1. The molecule has 2 N–H and O–H groups in total. The van der Waals surface area contributed by atoms with Crippen molar-refractivity contribution in [3.63, 3.8) is 0 Å². The average molecular weight is 332 g/mol. The first kappa shape index (κ1) is 16.8. The van der Waals surface area contributed by atoms with E-state index in [0.29, 0.717) is 50.4 Å². The van der Waals surface area contributed by atoms with Gasteiger partial charge in [-0.1, -0.05) is 30.3 Å². The van der Waals surface area contributed by atoms with E-state index < -0.39 is 0 Å². The molecule has 1 aromatic carbocycles. The van der Waals surface area contributed by atoms with Gasteiger partial charge in [0.2, 0.25) is 0 Å². The summed E-state index contributed by atoms with van der Waals surface area (Å²) >= 11 is 0. The Bertz CT molecular complexity index is 580. The second kappa shape index (κ2) is 7.21. The van der Waals surface area contributed by atoms with E-state index in [1.165, 1.54) is 7.11 Å². The van der Waals surface area contributed by atoms with Crippen LogP contribution in [0.15, 0.2) is 30.3 Å². The molecule has 1 saturated carbocycles. The number of likely N-dealkylation sites (tertiary alicyclic amines) is 1. The molecule has 0 bridgehead atoms. The van der Waals surface area contributed by atoms with Crippen LogP contribution in [0.1, 0.15) is 12.0 Å². The Labute approximate surface area is 141 Å². The Morgan fingerprint density at radius 2 is 1.92 bits per heavy atom. The molecule has 1 heterocycles. The molecule has 1 aliphatic carbocycles. The van der Waals surface area contributed by atoms with Crippen LogP contribution in [0.3, 0.4) is 0 Å². The van der Waals surface area contributed by atoms with Crippen molar-refractivity contribution in [1.82, 2.24) is 4.90 Å². The minimum Gasteiger partial charge on any atom is -0.469 e. The molecule has 0 aromatic heterocycles. The van der Waals surface area contributed by atoms with Crippen LogP contribution in [0.25, 0.3) is 0 Å². The van der Waals surface area contributed by atoms with Crippen molar-refractivity contribution in [3.05, 3.63) is 35.9 Å². The van der Waals surface area contributed by atoms with Crippen LogP contribution in [0.4, 0.5) is 4.79 Å². The standard InChI is InChI=1S/C18H24N2O4/c1-23-16(21)7-13(8-19)17-14-9-20(10-15(14)17)18(22)24-11-12-5-3-2-4-6-12/h2-6,13-15,17H,7-11,19H2,1H3. The zero-order valence-electron chi connectivity index (χ0n) is 13.9. The van der Waals surface area contributed by atoms with Crippen molar-refractivity contribution in [1.29, 1.82) is 0 Å². The molecular formula is C18H24N2O4. The topological polar surface area (TPSA) is 81.9 Å². The fourth-order valence-electron chi connectivity index (χ4n) is 3.91. The number of ether oxygens (including phenoxy) is 2. The van der Waals surface area contributed by atoms with Gasteiger partial charge in [0.1, 0.15) is 6.61 Å². The minimum absolute atomic E-state index is 0.148. The number of rotatable bonds is 6. The molecule has 3 unspecified atom stereocenters. The Morgan fingerprint density at radius 1 is 1.25 bits per heavy atom. The van der Waals surface area contributed by atoms with Gasteiger partial charge in [-0.2, -0.15) is 0 Å². The van der Waals surface area contributed by atoms with Crippen molar-refractivity contribution in [2.45, 2.75) is 13.0 Å². The van der Waals surface area contributed by atoms with E-state index in [4.69, 9.17) is 15.2 Å². The van der Waals surface area contributed by atoms with E-state index in [1.54, 1.807) is 4.90 Å². The van der Waals surface area contributed by atoms with Crippen LogP contribution >= 0.6 is 0 Å². The maximum Gasteiger partial charge on any atom is 0.410 e. The maximum absolute atomic E-state index is 12.2. The molecule has 0 spiro atoms. The molecule has 3 rings (SSSR count). The molecular weight excluding hydrogens is 308 g/mol. The summed E-state index contributed by atoms with van der Waals surface area (Å²) in [4.78, 5) is 25.4. The fraction of sp³-hybridized carbons (Fsp3) is 0.556. The highest BCUT2D eigenvalue weighted by Crippen LogP contribution is 2.56. The van der Waals surface area contributed by atoms with Gasteiger partial charge in [-0.3, -0.25) is 4.79 Å². The Hall–Kier alpha value is -2.08. The van der Waals surface area contributed by atoms with Crippen molar-refractivity contribution < 1.29 is 19.1 Å². The largest absolute Gasteiger partial charge is 0.469 e. The monoisotopic (exact) mass is 332 g/mol. The molecule has 130 valence electrons. The number of amides is 1. The number of esters is 1.